The second-order valence-electron chi connectivity index (χ2n) is 4.66. The number of ketones is 1. The normalized spacial score (nSPS) is 11.5. The third-order valence-corrected chi connectivity index (χ3v) is 3.29. The quantitative estimate of drug-likeness (QED) is 0.805. The van der Waals surface area contributed by atoms with Crippen LogP contribution in [0.15, 0.2) is 42.5 Å². The lowest BCUT2D eigenvalue weighted by Gasteiger charge is -2.12. The van der Waals surface area contributed by atoms with Crippen molar-refractivity contribution >= 4 is 5.78 Å². The highest BCUT2D eigenvalue weighted by Gasteiger charge is 2.22. The number of hydrogen-bond donors (Lipinski definition) is 0. The van der Waals surface area contributed by atoms with Crippen molar-refractivity contribution in [3.63, 3.8) is 0 Å². The fraction of sp³-hybridized carbons (Fsp3) is 0.176. The molecule has 0 saturated heterocycles. The Kier molecular flexibility index (Phi) is 4.34. The summed E-state index contributed by atoms with van der Waals surface area (Å²) in [5.41, 5.74) is 1.80. The molecule has 4 heteroatoms. The summed E-state index contributed by atoms with van der Waals surface area (Å²) in [5.74, 6) is -1.09. The minimum Gasteiger partial charge on any atom is -0.496 e. The zero-order valence-electron chi connectivity index (χ0n) is 11.8. The van der Waals surface area contributed by atoms with Crippen LogP contribution in [0.1, 0.15) is 27.4 Å². The fourth-order valence-corrected chi connectivity index (χ4v) is 2.08. The van der Waals surface area contributed by atoms with Crippen LogP contribution in [0.25, 0.3) is 0 Å². The number of carbonyl (C=O) groups is 1. The zero-order valence-corrected chi connectivity index (χ0v) is 11.8. The molecule has 0 aliphatic carbocycles. The number of nitriles is 1. The molecule has 106 valence electrons. The number of hydrogen-bond acceptors (Lipinski definition) is 3. The van der Waals surface area contributed by atoms with Crippen LogP contribution < -0.4 is 4.74 Å². The largest absolute Gasteiger partial charge is 0.496 e. The number of ether oxygens (including phenoxy) is 1. The maximum absolute atomic E-state index is 12.9. The number of rotatable bonds is 4. The summed E-state index contributed by atoms with van der Waals surface area (Å²) >= 11 is 0. The molecule has 0 bridgehead atoms. The van der Waals surface area contributed by atoms with Crippen molar-refractivity contribution in [1.82, 2.24) is 0 Å². The molecule has 0 aliphatic heterocycles. The Labute approximate surface area is 122 Å². The topological polar surface area (TPSA) is 50.1 Å². The maximum atomic E-state index is 12.9. The first-order chi connectivity index (χ1) is 10.1. The van der Waals surface area contributed by atoms with Crippen molar-refractivity contribution in [2.24, 2.45) is 0 Å². The lowest BCUT2D eigenvalue weighted by molar-refractivity contribution is 0.0979. The van der Waals surface area contributed by atoms with Crippen molar-refractivity contribution in [1.29, 1.82) is 5.26 Å². The monoisotopic (exact) mass is 283 g/mol. The Balaban J connectivity index is 2.38. The molecule has 2 aromatic carbocycles. The van der Waals surface area contributed by atoms with Gasteiger partial charge < -0.3 is 4.74 Å². The van der Waals surface area contributed by atoms with Gasteiger partial charge in [-0.3, -0.25) is 4.79 Å². The van der Waals surface area contributed by atoms with Crippen LogP contribution in [0.2, 0.25) is 0 Å². The summed E-state index contributed by atoms with van der Waals surface area (Å²) < 4.78 is 18.1. The van der Waals surface area contributed by atoms with E-state index in [0.29, 0.717) is 16.9 Å². The van der Waals surface area contributed by atoms with Crippen LogP contribution in [0.5, 0.6) is 5.75 Å². The Morgan fingerprint density at radius 2 is 1.90 bits per heavy atom. The second-order valence-corrected chi connectivity index (χ2v) is 4.66. The average Bonchev–Trinajstić information content (AvgIpc) is 2.50. The molecule has 1 unspecified atom stereocenters. The first kappa shape index (κ1) is 14.7. The minimum atomic E-state index is -0.940. The van der Waals surface area contributed by atoms with Gasteiger partial charge >= 0.3 is 0 Å². The number of methoxy groups -OCH3 is 1. The van der Waals surface area contributed by atoms with Gasteiger partial charge in [-0.15, -0.1) is 0 Å². The van der Waals surface area contributed by atoms with E-state index in [9.17, 15) is 14.4 Å². The maximum Gasteiger partial charge on any atom is 0.184 e. The van der Waals surface area contributed by atoms with Gasteiger partial charge in [0.1, 0.15) is 17.5 Å². The SMILES string of the molecule is COc1cc(C(C#N)C(=O)c2ccc(F)cc2)ccc1C. The van der Waals surface area contributed by atoms with Crippen LogP contribution >= 0.6 is 0 Å². The third-order valence-electron chi connectivity index (χ3n) is 3.29. The van der Waals surface area contributed by atoms with Crippen molar-refractivity contribution in [3.8, 4) is 11.8 Å². The summed E-state index contributed by atoms with van der Waals surface area (Å²) in [5, 5.41) is 9.31. The van der Waals surface area contributed by atoms with Gasteiger partial charge in [-0.25, -0.2) is 4.39 Å². The van der Waals surface area contributed by atoms with E-state index < -0.39 is 11.7 Å². The van der Waals surface area contributed by atoms with E-state index in [1.807, 2.05) is 13.0 Å². The average molecular weight is 283 g/mol. The zero-order chi connectivity index (χ0) is 15.4. The van der Waals surface area contributed by atoms with Crippen LogP contribution in [-0.4, -0.2) is 12.9 Å². The molecule has 0 aromatic heterocycles. The van der Waals surface area contributed by atoms with Gasteiger partial charge in [0.2, 0.25) is 0 Å². The van der Waals surface area contributed by atoms with Gasteiger partial charge in [0.25, 0.3) is 0 Å². The molecular weight excluding hydrogens is 269 g/mol. The fourth-order valence-electron chi connectivity index (χ4n) is 2.08. The lowest BCUT2D eigenvalue weighted by atomic mass is 9.91. The second kappa shape index (κ2) is 6.19. The van der Waals surface area contributed by atoms with Gasteiger partial charge in [0.05, 0.1) is 13.2 Å². The summed E-state index contributed by atoms with van der Waals surface area (Å²) in [6.07, 6.45) is 0. The van der Waals surface area contributed by atoms with E-state index in [0.717, 1.165) is 5.56 Å². The number of benzene rings is 2. The highest BCUT2D eigenvalue weighted by atomic mass is 19.1. The molecule has 0 fully saturated rings. The Morgan fingerprint density at radius 3 is 2.48 bits per heavy atom. The molecule has 0 spiro atoms. The number of carbonyl (C=O) groups excluding carboxylic acids is 1. The van der Waals surface area contributed by atoms with Crippen LogP contribution in [0, 0.1) is 24.1 Å². The molecule has 0 heterocycles. The summed E-state index contributed by atoms with van der Waals surface area (Å²) in [4.78, 5) is 12.4. The third kappa shape index (κ3) is 3.09. The molecular formula is C17H14FNO2. The van der Waals surface area contributed by atoms with Crippen molar-refractivity contribution in [3.05, 3.63) is 65.0 Å². The number of aryl methyl sites for hydroxylation is 1. The van der Waals surface area contributed by atoms with Gasteiger partial charge in [-0.05, 0) is 48.4 Å². The number of Topliss-reactive ketones (excluding diaryl/α,β-unsaturated/α-hetero) is 1. The van der Waals surface area contributed by atoms with Crippen LogP contribution in [-0.2, 0) is 0 Å². The molecule has 0 amide bonds. The molecule has 0 aliphatic rings. The van der Waals surface area contributed by atoms with Gasteiger partial charge in [-0.1, -0.05) is 12.1 Å². The predicted molar refractivity (Wildman–Crippen MR) is 76.8 cm³/mol. The molecule has 1 atom stereocenters. The molecule has 2 rings (SSSR count). The Bertz CT molecular complexity index is 702. The van der Waals surface area contributed by atoms with Gasteiger partial charge in [0, 0.05) is 5.56 Å². The van der Waals surface area contributed by atoms with Crippen molar-refractivity contribution in [2.45, 2.75) is 12.8 Å². The highest BCUT2D eigenvalue weighted by Crippen LogP contribution is 2.26. The first-order valence-electron chi connectivity index (χ1n) is 6.40. The van der Waals surface area contributed by atoms with Crippen molar-refractivity contribution in [2.75, 3.05) is 7.11 Å². The summed E-state index contributed by atoms with van der Waals surface area (Å²) in [6.45, 7) is 1.88. The predicted octanol–water partition coefficient (Wildman–Crippen LogP) is 3.63. The van der Waals surface area contributed by atoms with E-state index in [1.54, 1.807) is 18.2 Å². The lowest BCUT2D eigenvalue weighted by Crippen LogP contribution is -2.11. The van der Waals surface area contributed by atoms with Crippen LogP contribution in [0.3, 0.4) is 0 Å². The minimum absolute atomic E-state index is 0.308. The summed E-state index contributed by atoms with van der Waals surface area (Å²) in [6, 6.07) is 12.4. The molecule has 0 N–H and O–H groups in total. The highest BCUT2D eigenvalue weighted by molar-refractivity contribution is 6.02. The van der Waals surface area contributed by atoms with E-state index >= 15 is 0 Å². The van der Waals surface area contributed by atoms with E-state index in [1.165, 1.54) is 31.4 Å². The summed E-state index contributed by atoms with van der Waals surface area (Å²) in [7, 11) is 1.54. The Morgan fingerprint density at radius 1 is 1.24 bits per heavy atom. The van der Waals surface area contributed by atoms with Crippen LogP contribution in [0.4, 0.5) is 4.39 Å². The smallest absolute Gasteiger partial charge is 0.184 e. The molecule has 0 radical (unpaired) electrons. The number of nitrogens with zero attached hydrogens (tertiary/aromatic N) is 1. The number of halogens is 1. The first-order valence-corrected chi connectivity index (χ1v) is 6.40. The van der Waals surface area contributed by atoms with Crippen molar-refractivity contribution < 1.29 is 13.9 Å². The molecule has 2 aromatic rings. The standard InChI is InChI=1S/C17H14FNO2/c1-11-3-4-13(9-16(11)21-2)15(10-19)17(20)12-5-7-14(18)8-6-12/h3-9,15H,1-2H3. The van der Waals surface area contributed by atoms with Gasteiger partial charge in [-0.2, -0.15) is 5.26 Å². The van der Waals surface area contributed by atoms with E-state index in [-0.39, 0.29) is 5.78 Å². The molecule has 0 saturated carbocycles. The molecule has 21 heavy (non-hydrogen) atoms. The molecule has 3 nitrogen and oxygen atoms in total. The van der Waals surface area contributed by atoms with Gasteiger partial charge in [0.15, 0.2) is 5.78 Å². The van der Waals surface area contributed by atoms with E-state index in [2.05, 4.69) is 0 Å². The Hall–Kier alpha value is -2.67. The van der Waals surface area contributed by atoms with E-state index in [4.69, 9.17) is 4.74 Å².